The third-order valence-corrected chi connectivity index (χ3v) is 4.18. The fourth-order valence-electron chi connectivity index (χ4n) is 1.81. The fraction of sp³-hybridized carbons (Fsp3) is 0.200. The topological polar surface area (TPSA) is 100 Å². The molecular formula is C15H18N4O3S. The van der Waals surface area contributed by atoms with E-state index in [-0.39, 0.29) is 11.7 Å². The van der Waals surface area contributed by atoms with E-state index >= 15 is 0 Å². The number of nitrogens with zero attached hydrogens (tertiary/aromatic N) is 1. The molecule has 0 aliphatic rings. The summed E-state index contributed by atoms with van der Waals surface area (Å²) in [7, 11) is -3.31. The molecule has 2 rings (SSSR count). The van der Waals surface area contributed by atoms with Crippen LogP contribution in [-0.4, -0.2) is 25.1 Å². The standard InChI is InChI=1S/C15H18N4O3S/c1-3-23(21,22)19-14-7-8-15(16-10-14)18-13-6-4-5-12(9-13)17-11(2)20/h4-10,19H,3H2,1-2H3,(H,16,18)(H,17,20). The van der Waals surface area contributed by atoms with E-state index in [2.05, 4.69) is 20.3 Å². The fourth-order valence-corrected chi connectivity index (χ4v) is 2.43. The van der Waals surface area contributed by atoms with Crippen LogP contribution >= 0.6 is 0 Å². The van der Waals surface area contributed by atoms with E-state index in [4.69, 9.17) is 0 Å². The van der Waals surface area contributed by atoms with Gasteiger partial charge in [-0.05, 0) is 37.3 Å². The number of aromatic nitrogens is 1. The average Bonchev–Trinajstić information content (AvgIpc) is 2.49. The first-order valence-electron chi connectivity index (χ1n) is 6.99. The molecule has 23 heavy (non-hydrogen) atoms. The van der Waals surface area contributed by atoms with Crippen molar-refractivity contribution < 1.29 is 13.2 Å². The second-order valence-corrected chi connectivity index (χ2v) is 6.84. The maximum Gasteiger partial charge on any atom is 0.232 e. The molecule has 0 saturated heterocycles. The minimum Gasteiger partial charge on any atom is -0.340 e. The lowest BCUT2D eigenvalue weighted by atomic mass is 10.2. The van der Waals surface area contributed by atoms with E-state index in [9.17, 15) is 13.2 Å². The minimum absolute atomic E-state index is 0.00292. The van der Waals surface area contributed by atoms with Gasteiger partial charge in [-0.2, -0.15) is 0 Å². The monoisotopic (exact) mass is 334 g/mol. The minimum atomic E-state index is -3.31. The van der Waals surface area contributed by atoms with E-state index in [0.717, 1.165) is 5.69 Å². The first kappa shape index (κ1) is 16.8. The summed E-state index contributed by atoms with van der Waals surface area (Å²) in [6.07, 6.45) is 1.44. The third-order valence-electron chi connectivity index (χ3n) is 2.87. The number of hydrogen-bond donors (Lipinski definition) is 3. The number of hydrogen-bond acceptors (Lipinski definition) is 5. The van der Waals surface area contributed by atoms with Crippen molar-refractivity contribution in [3.8, 4) is 0 Å². The van der Waals surface area contributed by atoms with Gasteiger partial charge in [0, 0.05) is 18.3 Å². The van der Waals surface area contributed by atoms with Gasteiger partial charge in [-0.15, -0.1) is 0 Å². The Labute approximate surface area is 135 Å². The van der Waals surface area contributed by atoms with Gasteiger partial charge in [-0.1, -0.05) is 6.07 Å². The van der Waals surface area contributed by atoms with Gasteiger partial charge < -0.3 is 10.6 Å². The van der Waals surface area contributed by atoms with Crippen LogP contribution in [0, 0.1) is 0 Å². The maximum atomic E-state index is 11.5. The highest BCUT2D eigenvalue weighted by atomic mass is 32.2. The Morgan fingerprint density at radius 3 is 2.48 bits per heavy atom. The van der Waals surface area contributed by atoms with Crippen LogP contribution in [0.15, 0.2) is 42.6 Å². The molecule has 0 unspecified atom stereocenters. The zero-order valence-electron chi connectivity index (χ0n) is 12.8. The largest absolute Gasteiger partial charge is 0.340 e. The molecule has 0 atom stereocenters. The van der Waals surface area contributed by atoms with Crippen LogP contribution in [0.5, 0.6) is 0 Å². The van der Waals surface area contributed by atoms with Crippen molar-refractivity contribution in [1.29, 1.82) is 0 Å². The molecule has 0 aliphatic heterocycles. The smallest absolute Gasteiger partial charge is 0.232 e. The summed E-state index contributed by atoms with van der Waals surface area (Å²) in [5.41, 5.74) is 1.84. The second kappa shape index (κ2) is 7.10. The molecule has 0 radical (unpaired) electrons. The molecule has 1 aromatic carbocycles. The van der Waals surface area contributed by atoms with E-state index in [1.807, 2.05) is 6.07 Å². The van der Waals surface area contributed by atoms with Gasteiger partial charge in [-0.25, -0.2) is 13.4 Å². The number of benzene rings is 1. The van der Waals surface area contributed by atoms with Gasteiger partial charge in [-0.3, -0.25) is 9.52 Å². The van der Waals surface area contributed by atoms with Gasteiger partial charge >= 0.3 is 0 Å². The summed E-state index contributed by atoms with van der Waals surface area (Å²) in [5, 5.41) is 5.78. The van der Waals surface area contributed by atoms with Crippen molar-refractivity contribution in [2.45, 2.75) is 13.8 Å². The van der Waals surface area contributed by atoms with Gasteiger partial charge in [0.2, 0.25) is 15.9 Å². The molecule has 0 fully saturated rings. The molecule has 8 heteroatoms. The van der Waals surface area contributed by atoms with Crippen molar-refractivity contribution in [1.82, 2.24) is 4.98 Å². The first-order chi connectivity index (χ1) is 10.9. The molecule has 0 spiro atoms. The average molecular weight is 334 g/mol. The van der Waals surface area contributed by atoms with Crippen LogP contribution in [0.4, 0.5) is 22.9 Å². The Morgan fingerprint density at radius 2 is 1.87 bits per heavy atom. The number of sulfonamides is 1. The number of pyridine rings is 1. The lowest BCUT2D eigenvalue weighted by molar-refractivity contribution is -0.114. The van der Waals surface area contributed by atoms with Crippen molar-refractivity contribution in [2.24, 2.45) is 0 Å². The van der Waals surface area contributed by atoms with Gasteiger partial charge in [0.1, 0.15) is 5.82 Å². The maximum absolute atomic E-state index is 11.5. The Hall–Kier alpha value is -2.61. The van der Waals surface area contributed by atoms with Crippen LogP contribution in [0.3, 0.4) is 0 Å². The van der Waals surface area contributed by atoms with Crippen LogP contribution in [0.1, 0.15) is 13.8 Å². The van der Waals surface area contributed by atoms with E-state index in [1.54, 1.807) is 37.3 Å². The first-order valence-corrected chi connectivity index (χ1v) is 8.64. The van der Waals surface area contributed by atoms with Crippen LogP contribution in [-0.2, 0) is 14.8 Å². The number of carbonyl (C=O) groups is 1. The van der Waals surface area contributed by atoms with Gasteiger partial charge in [0.25, 0.3) is 0 Å². The highest BCUT2D eigenvalue weighted by Crippen LogP contribution is 2.20. The molecule has 2 aromatic rings. The Morgan fingerprint density at radius 1 is 1.13 bits per heavy atom. The Kier molecular flexibility index (Phi) is 5.17. The van der Waals surface area contributed by atoms with E-state index in [1.165, 1.54) is 13.1 Å². The summed E-state index contributed by atoms with van der Waals surface area (Å²) in [6.45, 7) is 3.01. The molecule has 0 saturated carbocycles. The van der Waals surface area contributed by atoms with E-state index < -0.39 is 10.0 Å². The zero-order chi connectivity index (χ0) is 16.9. The quantitative estimate of drug-likeness (QED) is 0.754. The second-order valence-electron chi connectivity index (χ2n) is 4.82. The molecule has 3 N–H and O–H groups in total. The number of rotatable bonds is 6. The van der Waals surface area contributed by atoms with Crippen molar-refractivity contribution in [2.75, 3.05) is 21.1 Å². The Bertz CT molecular complexity index is 789. The number of amides is 1. The lowest BCUT2D eigenvalue weighted by Crippen LogP contribution is -2.14. The molecule has 122 valence electrons. The third kappa shape index (κ3) is 5.26. The number of nitrogens with one attached hydrogen (secondary N) is 3. The molecule has 7 nitrogen and oxygen atoms in total. The summed E-state index contributed by atoms with van der Waals surface area (Å²) in [6, 6.07) is 10.5. The summed E-state index contributed by atoms with van der Waals surface area (Å²) >= 11 is 0. The SMILES string of the molecule is CCS(=O)(=O)Nc1ccc(Nc2cccc(NC(C)=O)c2)nc1. The summed E-state index contributed by atoms with van der Waals surface area (Å²) in [5.74, 6) is 0.417. The van der Waals surface area contributed by atoms with Crippen LogP contribution in [0.25, 0.3) is 0 Å². The molecule has 1 amide bonds. The highest BCUT2D eigenvalue weighted by molar-refractivity contribution is 7.92. The summed E-state index contributed by atoms with van der Waals surface area (Å²) in [4.78, 5) is 15.2. The van der Waals surface area contributed by atoms with Crippen LogP contribution in [0.2, 0.25) is 0 Å². The van der Waals surface area contributed by atoms with Crippen molar-refractivity contribution in [3.05, 3.63) is 42.6 Å². The predicted octanol–water partition coefficient (Wildman–Crippen LogP) is 2.55. The molecule has 0 bridgehead atoms. The molecule has 0 aliphatic carbocycles. The van der Waals surface area contributed by atoms with Gasteiger partial charge in [0.15, 0.2) is 0 Å². The van der Waals surface area contributed by atoms with Gasteiger partial charge in [0.05, 0.1) is 17.6 Å². The summed E-state index contributed by atoms with van der Waals surface area (Å²) < 4.78 is 25.4. The number of carbonyl (C=O) groups excluding carboxylic acids is 1. The lowest BCUT2D eigenvalue weighted by Gasteiger charge is -2.09. The predicted molar refractivity (Wildman–Crippen MR) is 91.3 cm³/mol. The highest BCUT2D eigenvalue weighted by Gasteiger charge is 2.07. The molecule has 1 aromatic heterocycles. The Balaban J connectivity index is 2.08. The van der Waals surface area contributed by atoms with Crippen molar-refractivity contribution >= 4 is 38.8 Å². The van der Waals surface area contributed by atoms with Crippen LogP contribution < -0.4 is 15.4 Å². The molecular weight excluding hydrogens is 316 g/mol. The molecule has 1 heterocycles. The number of anilines is 4. The normalized spacial score (nSPS) is 10.9. The van der Waals surface area contributed by atoms with Crippen molar-refractivity contribution in [3.63, 3.8) is 0 Å². The zero-order valence-corrected chi connectivity index (χ0v) is 13.6. The van der Waals surface area contributed by atoms with E-state index in [0.29, 0.717) is 17.2 Å².